The fourth-order valence-electron chi connectivity index (χ4n) is 2.36. The molecule has 0 aliphatic rings. The van der Waals surface area contributed by atoms with Crippen LogP contribution in [0, 0.1) is 0 Å². The van der Waals surface area contributed by atoms with Crippen LogP contribution in [0.2, 0.25) is 5.02 Å². The van der Waals surface area contributed by atoms with Gasteiger partial charge in [0.2, 0.25) is 0 Å². The summed E-state index contributed by atoms with van der Waals surface area (Å²) in [7, 11) is 0. The van der Waals surface area contributed by atoms with E-state index in [0.29, 0.717) is 6.04 Å². The highest BCUT2D eigenvalue weighted by Gasteiger charge is 2.17. The Morgan fingerprint density at radius 1 is 1.04 bits per heavy atom. The Labute approximate surface area is 153 Å². The highest BCUT2D eigenvalue weighted by atomic mass is 79.9. The first-order valence-electron chi connectivity index (χ1n) is 7.31. The van der Waals surface area contributed by atoms with Gasteiger partial charge in [0.1, 0.15) is 0 Å². The molecule has 0 aliphatic carbocycles. The number of nitrogens with zero attached hydrogens (tertiary/aromatic N) is 2. The summed E-state index contributed by atoms with van der Waals surface area (Å²) in [6.07, 6.45) is 0. The lowest BCUT2D eigenvalue weighted by atomic mass is 10.2. The van der Waals surface area contributed by atoms with Gasteiger partial charge in [0.25, 0.3) is 0 Å². The molecule has 0 spiro atoms. The number of rotatable bonds is 4. The first kappa shape index (κ1) is 16.5. The van der Waals surface area contributed by atoms with Crippen LogP contribution >= 0.6 is 38.9 Å². The lowest BCUT2D eigenvalue weighted by Crippen LogP contribution is -2.25. The van der Waals surface area contributed by atoms with Crippen molar-refractivity contribution in [2.75, 3.05) is 4.90 Å². The highest BCUT2D eigenvalue weighted by Crippen LogP contribution is 2.34. The van der Waals surface area contributed by atoms with Crippen LogP contribution < -0.4 is 4.90 Å². The third-order valence-corrected chi connectivity index (χ3v) is 5.08. The van der Waals surface area contributed by atoms with Crippen LogP contribution in [0.15, 0.2) is 58.4 Å². The molecule has 118 valence electrons. The summed E-state index contributed by atoms with van der Waals surface area (Å²) in [4.78, 5) is 7.05. The van der Waals surface area contributed by atoms with Gasteiger partial charge in [0.05, 0.1) is 5.69 Å². The van der Waals surface area contributed by atoms with Crippen molar-refractivity contribution in [3.05, 3.63) is 63.4 Å². The van der Waals surface area contributed by atoms with Crippen molar-refractivity contribution < 1.29 is 0 Å². The zero-order valence-electron chi connectivity index (χ0n) is 12.8. The molecule has 0 saturated heterocycles. The SMILES string of the molecule is CC(C)N(c1ccc(Cl)cc1)c1nc(-c2ccc(Br)cc2)cs1. The van der Waals surface area contributed by atoms with Gasteiger partial charge in [-0.1, -0.05) is 39.7 Å². The van der Waals surface area contributed by atoms with E-state index in [1.807, 2.05) is 36.4 Å². The van der Waals surface area contributed by atoms with Gasteiger partial charge in [0.15, 0.2) is 5.13 Å². The molecule has 0 bridgehead atoms. The van der Waals surface area contributed by atoms with Crippen molar-refractivity contribution in [3.63, 3.8) is 0 Å². The van der Waals surface area contributed by atoms with Gasteiger partial charge in [-0.15, -0.1) is 11.3 Å². The number of hydrogen-bond acceptors (Lipinski definition) is 3. The number of halogens is 2. The highest BCUT2D eigenvalue weighted by molar-refractivity contribution is 9.10. The predicted molar refractivity (Wildman–Crippen MR) is 104 cm³/mol. The Kier molecular flexibility index (Phi) is 5.05. The largest absolute Gasteiger partial charge is 0.315 e. The molecule has 2 aromatic carbocycles. The molecule has 0 N–H and O–H groups in total. The van der Waals surface area contributed by atoms with E-state index in [1.54, 1.807) is 11.3 Å². The van der Waals surface area contributed by atoms with Crippen LogP contribution in [0.4, 0.5) is 10.8 Å². The van der Waals surface area contributed by atoms with Crippen LogP contribution in [0.3, 0.4) is 0 Å². The van der Waals surface area contributed by atoms with Gasteiger partial charge in [-0.05, 0) is 50.2 Å². The maximum atomic E-state index is 6.00. The quantitative estimate of drug-likeness (QED) is 0.474. The van der Waals surface area contributed by atoms with E-state index in [9.17, 15) is 0 Å². The first-order valence-corrected chi connectivity index (χ1v) is 9.36. The Balaban J connectivity index is 1.95. The monoisotopic (exact) mass is 406 g/mol. The summed E-state index contributed by atoms with van der Waals surface area (Å²) in [6.45, 7) is 4.32. The minimum absolute atomic E-state index is 0.306. The van der Waals surface area contributed by atoms with Gasteiger partial charge in [-0.3, -0.25) is 0 Å². The lowest BCUT2D eigenvalue weighted by molar-refractivity contribution is 0.786. The van der Waals surface area contributed by atoms with Crippen molar-refractivity contribution in [2.24, 2.45) is 0 Å². The molecule has 0 fully saturated rings. The molecule has 1 heterocycles. The van der Waals surface area contributed by atoms with E-state index in [1.165, 1.54) is 0 Å². The molecule has 0 atom stereocenters. The standard InChI is InChI=1S/C18H16BrClN2S/c1-12(2)22(16-9-7-15(20)8-10-16)18-21-17(11-23-18)13-3-5-14(19)6-4-13/h3-12H,1-2H3. The molecule has 0 radical (unpaired) electrons. The van der Waals surface area contributed by atoms with Crippen LogP contribution in [0.5, 0.6) is 0 Å². The van der Waals surface area contributed by atoms with Crippen molar-refractivity contribution in [1.82, 2.24) is 4.98 Å². The topological polar surface area (TPSA) is 16.1 Å². The molecule has 2 nitrogen and oxygen atoms in total. The average molecular weight is 408 g/mol. The molecule has 23 heavy (non-hydrogen) atoms. The van der Waals surface area contributed by atoms with Gasteiger partial charge in [-0.25, -0.2) is 4.98 Å². The zero-order chi connectivity index (χ0) is 16.4. The van der Waals surface area contributed by atoms with Crippen molar-refractivity contribution in [2.45, 2.75) is 19.9 Å². The van der Waals surface area contributed by atoms with Gasteiger partial charge >= 0.3 is 0 Å². The second-order valence-electron chi connectivity index (χ2n) is 5.46. The number of hydrogen-bond donors (Lipinski definition) is 0. The molecule has 0 unspecified atom stereocenters. The van der Waals surface area contributed by atoms with Crippen molar-refractivity contribution in [1.29, 1.82) is 0 Å². The molecule has 5 heteroatoms. The summed E-state index contributed by atoms with van der Waals surface area (Å²) in [5, 5.41) is 3.83. The van der Waals surface area contributed by atoms with Crippen LogP contribution in [-0.2, 0) is 0 Å². The van der Waals surface area contributed by atoms with Gasteiger partial charge in [-0.2, -0.15) is 0 Å². The Bertz CT molecular complexity index is 782. The average Bonchev–Trinajstić information content (AvgIpc) is 2.99. The Morgan fingerprint density at radius 2 is 1.70 bits per heavy atom. The third kappa shape index (κ3) is 3.77. The lowest BCUT2D eigenvalue weighted by Gasteiger charge is -2.26. The number of anilines is 2. The van der Waals surface area contributed by atoms with E-state index in [2.05, 4.69) is 52.2 Å². The van der Waals surface area contributed by atoms with E-state index in [0.717, 1.165) is 31.6 Å². The minimum atomic E-state index is 0.306. The summed E-state index contributed by atoms with van der Waals surface area (Å²) in [6, 6.07) is 16.4. The van der Waals surface area contributed by atoms with E-state index in [4.69, 9.17) is 16.6 Å². The molecule has 0 aliphatic heterocycles. The van der Waals surface area contributed by atoms with Crippen LogP contribution in [0.1, 0.15) is 13.8 Å². The molecule has 3 aromatic rings. The van der Waals surface area contributed by atoms with E-state index < -0.39 is 0 Å². The van der Waals surface area contributed by atoms with Crippen molar-refractivity contribution >= 4 is 49.7 Å². The normalized spacial score (nSPS) is 11.0. The van der Waals surface area contributed by atoms with Crippen LogP contribution in [0.25, 0.3) is 11.3 Å². The summed E-state index contributed by atoms with van der Waals surface area (Å²) >= 11 is 11.1. The number of benzene rings is 2. The fraction of sp³-hybridized carbons (Fsp3) is 0.167. The summed E-state index contributed by atoms with van der Waals surface area (Å²) in [5.41, 5.74) is 3.22. The molecular formula is C18H16BrClN2S. The molecule has 3 rings (SSSR count). The first-order chi connectivity index (χ1) is 11.0. The molecule has 0 saturated carbocycles. The van der Waals surface area contributed by atoms with Crippen LogP contribution in [-0.4, -0.2) is 11.0 Å². The molecule has 0 amide bonds. The third-order valence-electron chi connectivity index (χ3n) is 3.46. The second kappa shape index (κ2) is 7.04. The van der Waals surface area contributed by atoms with Crippen molar-refractivity contribution in [3.8, 4) is 11.3 Å². The molecular weight excluding hydrogens is 392 g/mol. The zero-order valence-corrected chi connectivity index (χ0v) is 16.0. The minimum Gasteiger partial charge on any atom is -0.315 e. The number of thiazole rings is 1. The molecule has 1 aromatic heterocycles. The summed E-state index contributed by atoms with van der Waals surface area (Å²) in [5.74, 6) is 0. The Hall–Kier alpha value is -1.36. The number of aromatic nitrogens is 1. The maximum Gasteiger partial charge on any atom is 0.190 e. The summed E-state index contributed by atoms with van der Waals surface area (Å²) < 4.78 is 1.07. The second-order valence-corrected chi connectivity index (χ2v) is 7.65. The van der Waals surface area contributed by atoms with E-state index in [-0.39, 0.29) is 0 Å². The fourth-order valence-corrected chi connectivity index (χ4v) is 3.74. The van der Waals surface area contributed by atoms with Gasteiger partial charge in [0, 0.05) is 32.2 Å². The Morgan fingerprint density at radius 3 is 2.30 bits per heavy atom. The van der Waals surface area contributed by atoms with E-state index >= 15 is 0 Å². The van der Waals surface area contributed by atoms with Gasteiger partial charge < -0.3 is 4.90 Å². The maximum absolute atomic E-state index is 6.00. The smallest absolute Gasteiger partial charge is 0.190 e. The predicted octanol–water partition coefficient (Wildman–Crippen LogP) is 6.77.